The van der Waals surface area contributed by atoms with Gasteiger partial charge in [0.25, 0.3) is 0 Å². The molecule has 1 N–H and O–H groups in total. The van der Waals surface area contributed by atoms with Gasteiger partial charge in [0.05, 0.1) is 5.69 Å². The van der Waals surface area contributed by atoms with Gasteiger partial charge in [-0.3, -0.25) is 0 Å². The Morgan fingerprint density at radius 2 is 2.10 bits per heavy atom. The minimum Gasteiger partial charge on any atom is -0.487 e. The number of imidazole rings is 1. The lowest BCUT2D eigenvalue weighted by molar-refractivity contribution is 0.301. The number of hydrogen-bond donors (Lipinski definition) is 1. The molecule has 3 rings (SSSR count). The number of nitrogens with zero attached hydrogens (tertiary/aromatic N) is 2. The van der Waals surface area contributed by atoms with E-state index in [9.17, 15) is 0 Å². The maximum Gasteiger partial charge on any atom is 0.137 e. The summed E-state index contributed by atoms with van der Waals surface area (Å²) in [6, 6.07) is 12.2. The lowest BCUT2D eigenvalue weighted by atomic mass is 10.2. The maximum atomic E-state index is 5.84. The predicted molar refractivity (Wildman–Crippen MR) is 83.5 cm³/mol. The van der Waals surface area contributed by atoms with Crippen molar-refractivity contribution in [2.45, 2.75) is 20.1 Å². The highest BCUT2D eigenvalue weighted by molar-refractivity contribution is 5.41. The summed E-state index contributed by atoms with van der Waals surface area (Å²) in [7, 11) is 1.94. The molecule has 0 spiro atoms. The Balaban J connectivity index is 1.72. The van der Waals surface area contributed by atoms with Crippen LogP contribution in [-0.2, 0) is 13.2 Å². The molecule has 2 aromatic heterocycles. The van der Waals surface area contributed by atoms with Crippen LogP contribution in [0.4, 0.5) is 0 Å². The predicted octanol–water partition coefficient (Wildman–Crippen LogP) is 2.94. The summed E-state index contributed by atoms with van der Waals surface area (Å²) in [5.41, 5.74) is 4.30. The summed E-state index contributed by atoms with van der Waals surface area (Å²) < 4.78 is 7.87. The fraction of sp³-hybridized carbons (Fsp3) is 0.235. The lowest BCUT2D eigenvalue weighted by Gasteiger charge is -2.06. The quantitative estimate of drug-likeness (QED) is 0.781. The number of fused-ring (bicyclic) bond motifs is 1. The Morgan fingerprint density at radius 3 is 2.95 bits per heavy atom. The summed E-state index contributed by atoms with van der Waals surface area (Å²) in [5, 5.41) is 3.14. The van der Waals surface area contributed by atoms with E-state index in [1.54, 1.807) is 0 Å². The fourth-order valence-corrected chi connectivity index (χ4v) is 2.33. The third-order valence-corrected chi connectivity index (χ3v) is 3.31. The van der Waals surface area contributed by atoms with E-state index in [0.717, 1.165) is 23.6 Å². The van der Waals surface area contributed by atoms with E-state index in [1.807, 2.05) is 35.8 Å². The van der Waals surface area contributed by atoms with E-state index < -0.39 is 0 Å². The van der Waals surface area contributed by atoms with Crippen molar-refractivity contribution in [2.75, 3.05) is 7.05 Å². The highest BCUT2D eigenvalue weighted by Crippen LogP contribution is 2.15. The van der Waals surface area contributed by atoms with Crippen molar-refractivity contribution in [1.82, 2.24) is 14.7 Å². The number of benzene rings is 1. The molecule has 4 nitrogen and oxygen atoms in total. The van der Waals surface area contributed by atoms with Crippen LogP contribution >= 0.6 is 0 Å². The number of pyridine rings is 1. The summed E-state index contributed by atoms with van der Waals surface area (Å²) in [4.78, 5) is 4.55. The molecule has 3 aromatic rings. The normalized spacial score (nSPS) is 11.0. The lowest BCUT2D eigenvalue weighted by Crippen LogP contribution is -2.05. The van der Waals surface area contributed by atoms with Gasteiger partial charge in [-0.15, -0.1) is 0 Å². The van der Waals surface area contributed by atoms with Crippen molar-refractivity contribution in [1.29, 1.82) is 0 Å². The molecule has 0 bridgehead atoms. The van der Waals surface area contributed by atoms with Crippen molar-refractivity contribution < 1.29 is 4.74 Å². The van der Waals surface area contributed by atoms with Gasteiger partial charge in [0.2, 0.25) is 0 Å². The molecule has 0 aliphatic carbocycles. The van der Waals surface area contributed by atoms with Crippen LogP contribution in [0, 0.1) is 6.92 Å². The second kappa shape index (κ2) is 5.97. The van der Waals surface area contributed by atoms with E-state index in [4.69, 9.17) is 4.74 Å². The first-order valence-electron chi connectivity index (χ1n) is 7.05. The molecule has 0 aliphatic heterocycles. The number of ether oxygens (including phenoxy) is 1. The minimum atomic E-state index is 0.476. The highest BCUT2D eigenvalue weighted by Gasteiger charge is 2.03. The van der Waals surface area contributed by atoms with Gasteiger partial charge in [0.15, 0.2) is 0 Å². The molecule has 21 heavy (non-hydrogen) atoms. The Hall–Kier alpha value is -2.33. The Kier molecular flexibility index (Phi) is 3.88. The summed E-state index contributed by atoms with van der Waals surface area (Å²) >= 11 is 0. The number of aryl methyl sites for hydroxylation is 1. The van der Waals surface area contributed by atoms with Gasteiger partial charge in [0.1, 0.15) is 18.0 Å². The molecule has 1 aromatic carbocycles. The van der Waals surface area contributed by atoms with Crippen molar-refractivity contribution in [3.05, 3.63) is 65.6 Å². The second-order valence-corrected chi connectivity index (χ2v) is 5.17. The van der Waals surface area contributed by atoms with Gasteiger partial charge < -0.3 is 14.5 Å². The molecule has 0 saturated carbocycles. The molecule has 0 amide bonds. The zero-order valence-corrected chi connectivity index (χ0v) is 12.3. The van der Waals surface area contributed by atoms with Gasteiger partial charge >= 0.3 is 0 Å². The fourth-order valence-electron chi connectivity index (χ4n) is 2.33. The van der Waals surface area contributed by atoms with Crippen molar-refractivity contribution >= 4 is 5.65 Å². The van der Waals surface area contributed by atoms with Crippen LogP contribution in [0.3, 0.4) is 0 Å². The van der Waals surface area contributed by atoms with Crippen molar-refractivity contribution in [3.8, 4) is 5.75 Å². The Bertz CT molecular complexity index is 749. The van der Waals surface area contributed by atoms with Crippen LogP contribution in [-0.4, -0.2) is 16.4 Å². The van der Waals surface area contributed by atoms with Crippen LogP contribution in [0.1, 0.15) is 16.8 Å². The van der Waals surface area contributed by atoms with Crippen LogP contribution in [0.2, 0.25) is 0 Å². The van der Waals surface area contributed by atoms with Gasteiger partial charge in [-0.1, -0.05) is 18.2 Å². The topological polar surface area (TPSA) is 38.6 Å². The average Bonchev–Trinajstić information content (AvgIpc) is 2.88. The molecular weight excluding hydrogens is 262 g/mol. The molecule has 0 saturated heterocycles. The molecule has 0 fully saturated rings. The SMILES string of the molecule is CNCc1cccc(OCc2cn3cc(C)ccc3n2)c1. The van der Waals surface area contributed by atoms with E-state index in [-0.39, 0.29) is 0 Å². The van der Waals surface area contributed by atoms with Crippen LogP contribution in [0.5, 0.6) is 5.75 Å². The van der Waals surface area contributed by atoms with Gasteiger partial charge in [-0.2, -0.15) is 0 Å². The molecule has 4 heteroatoms. The van der Waals surface area contributed by atoms with E-state index in [1.165, 1.54) is 11.1 Å². The summed E-state index contributed by atoms with van der Waals surface area (Å²) in [6.45, 7) is 3.39. The summed E-state index contributed by atoms with van der Waals surface area (Å²) in [6.07, 6.45) is 4.08. The number of hydrogen-bond acceptors (Lipinski definition) is 3. The Labute approximate surface area is 124 Å². The third kappa shape index (κ3) is 3.23. The minimum absolute atomic E-state index is 0.476. The third-order valence-electron chi connectivity index (χ3n) is 3.31. The summed E-state index contributed by atoms with van der Waals surface area (Å²) in [5.74, 6) is 0.871. The van der Waals surface area contributed by atoms with Crippen LogP contribution in [0.25, 0.3) is 5.65 Å². The van der Waals surface area contributed by atoms with Crippen molar-refractivity contribution in [3.63, 3.8) is 0 Å². The smallest absolute Gasteiger partial charge is 0.137 e. The monoisotopic (exact) mass is 281 g/mol. The number of nitrogens with one attached hydrogen (secondary N) is 1. The molecule has 0 atom stereocenters. The van der Waals surface area contributed by atoms with E-state index in [0.29, 0.717) is 6.61 Å². The van der Waals surface area contributed by atoms with Gasteiger partial charge in [-0.25, -0.2) is 4.98 Å². The van der Waals surface area contributed by atoms with E-state index in [2.05, 4.69) is 41.6 Å². The van der Waals surface area contributed by atoms with E-state index >= 15 is 0 Å². The zero-order valence-electron chi connectivity index (χ0n) is 12.3. The standard InChI is InChI=1S/C17H19N3O/c1-13-6-7-17-19-15(11-20(17)10-13)12-21-16-5-3-4-14(8-16)9-18-2/h3-8,10-11,18H,9,12H2,1-2H3. The molecular formula is C17H19N3O. The number of aromatic nitrogens is 2. The van der Waals surface area contributed by atoms with Gasteiger partial charge in [0, 0.05) is 18.9 Å². The molecule has 0 unspecified atom stereocenters. The second-order valence-electron chi connectivity index (χ2n) is 5.17. The molecule has 2 heterocycles. The molecule has 108 valence electrons. The molecule has 0 radical (unpaired) electrons. The van der Waals surface area contributed by atoms with Crippen LogP contribution < -0.4 is 10.1 Å². The number of rotatable bonds is 5. The van der Waals surface area contributed by atoms with Crippen LogP contribution in [0.15, 0.2) is 48.8 Å². The Morgan fingerprint density at radius 1 is 1.19 bits per heavy atom. The van der Waals surface area contributed by atoms with Gasteiger partial charge in [-0.05, 0) is 43.3 Å². The maximum absolute atomic E-state index is 5.84. The van der Waals surface area contributed by atoms with Crippen molar-refractivity contribution in [2.24, 2.45) is 0 Å². The first kappa shape index (κ1) is 13.6. The first-order chi connectivity index (χ1) is 10.2. The molecule has 0 aliphatic rings. The highest BCUT2D eigenvalue weighted by atomic mass is 16.5. The largest absolute Gasteiger partial charge is 0.487 e. The average molecular weight is 281 g/mol. The zero-order chi connectivity index (χ0) is 14.7. The first-order valence-corrected chi connectivity index (χ1v) is 7.05.